The molecule has 1 fully saturated rings. The van der Waals surface area contributed by atoms with Crippen LogP contribution in [0.25, 0.3) is 0 Å². The van der Waals surface area contributed by atoms with Gasteiger partial charge in [-0.1, -0.05) is 18.2 Å². The first-order valence-corrected chi connectivity index (χ1v) is 9.88. The highest BCUT2D eigenvalue weighted by Crippen LogP contribution is 2.34. The number of piperazine rings is 1. The van der Waals surface area contributed by atoms with Gasteiger partial charge in [-0.25, -0.2) is 0 Å². The lowest BCUT2D eigenvalue weighted by Crippen LogP contribution is -2.50. The Labute approximate surface area is 181 Å². The van der Waals surface area contributed by atoms with Crippen LogP contribution < -0.4 is 5.32 Å². The van der Waals surface area contributed by atoms with Crippen molar-refractivity contribution in [2.45, 2.75) is 12.6 Å². The zero-order valence-corrected chi connectivity index (χ0v) is 17.0. The molecule has 2 amide bonds. The highest BCUT2D eigenvalue weighted by Gasteiger charge is 2.33. The van der Waals surface area contributed by atoms with Gasteiger partial charge >= 0.3 is 6.18 Å². The van der Waals surface area contributed by atoms with Crippen LogP contribution in [0.3, 0.4) is 0 Å². The molecule has 0 bridgehead atoms. The number of nitrogens with zero attached hydrogens (tertiary/aromatic N) is 3. The summed E-state index contributed by atoms with van der Waals surface area (Å²) in [6.07, 6.45) is -4.69. The summed E-state index contributed by atoms with van der Waals surface area (Å²) in [5.41, 5.74) is -1.34. The predicted molar refractivity (Wildman–Crippen MR) is 110 cm³/mol. The van der Waals surface area contributed by atoms with Crippen LogP contribution in [0.4, 0.5) is 24.5 Å². The quantitative estimate of drug-likeness (QED) is 0.538. The molecule has 1 aliphatic rings. The van der Waals surface area contributed by atoms with Crippen molar-refractivity contribution in [3.05, 3.63) is 69.8 Å². The molecule has 8 nitrogen and oxygen atoms in total. The standard InChI is InChI=1S/C21H21F3N4O4/c22-21(23,24)16-6-7-17(18(14-16)28(31)32)25-9-8-19(29)26-10-12-27(13-11-26)20(30)15-4-2-1-3-5-15/h1-7,14,25H,8-13H2. The molecule has 0 atom stereocenters. The number of rotatable bonds is 6. The Morgan fingerprint density at radius 3 is 2.22 bits per heavy atom. The zero-order chi connectivity index (χ0) is 23.3. The lowest BCUT2D eigenvalue weighted by molar-refractivity contribution is -0.384. The van der Waals surface area contributed by atoms with Crippen molar-refractivity contribution in [2.75, 3.05) is 38.0 Å². The Morgan fingerprint density at radius 2 is 1.62 bits per heavy atom. The van der Waals surface area contributed by atoms with E-state index in [1.807, 2.05) is 6.07 Å². The summed E-state index contributed by atoms with van der Waals surface area (Å²) in [5, 5.41) is 13.8. The molecule has 1 heterocycles. The van der Waals surface area contributed by atoms with Crippen molar-refractivity contribution in [2.24, 2.45) is 0 Å². The van der Waals surface area contributed by atoms with Gasteiger partial charge in [-0.15, -0.1) is 0 Å². The predicted octanol–water partition coefficient (Wildman–Crippen LogP) is 3.40. The fourth-order valence-electron chi connectivity index (χ4n) is 3.39. The maximum absolute atomic E-state index is 12.8. The molecular formula is C21H21F3N4O4. The molecule has 0 aromatic heterocycles. The maximum Gasteiger partial charge on any atom is 0.416 e. The van der Waals surface area contributed by atoms with Gasteiger partial charge in [0.2, 0.25) is 5.91 Å². The third-order valence-electron chi connectivity index (χ3n) is 5.12. The smallest absolute Gasteiger partial charge is 0.379 e. The lowest BCUT2D eigenvalue weighted by Gasteiger charge is -2.35. The number of hydrogen-bond donors (Lipinski definition) is 1. The summed E-state index contributed by atoms with van der Waals surface area (Å²) in [6, 6.07) is 11.0. The number of amides is 2. The van der Waals surface area contributed by atoms with E-state index >= 15 is 0 Å². The molecule has 11 heteroatoms. The molecule has 1 N–H and O–H groups in total. The van der Waals surface area contributed by atoms with E-state index in [0.717, 1.165) is 12.1 Å². The molecule has 0 saturated carbocycles. The number of carbonyl (C=O) groups is 2. The lowest BCUT2D eigenvalue weighted by atomic mass is 10.1. The number of alkyl halides is 3. The molecule has 1 saturated heterocycles. The second-order valence-electron chi connectivity index (χ2n) is 7.20. The largest absolute Gasteiger partial charge is 0.416 e. The average molecular weight is 450 g/mol. The SMILES string of the molecule is O=C(CCNc1ccc(C(F)(F)F)cc1[N+](=O)[O-])N1CCN(C(=O)c2ccccc2)CC1. The molecule has 2 aromatic rings. The van der Waals surface area contributed by atoms with E-state index < -0.39 is 22.4 Å². The van der Waals surface area contributed by atoms with E-state index in [0.29, 0.717) is 37.8 Å². The van der Waals surface area contributed by atoms with Gasteiger partial charge in [0.05, 0.1) is 10.5 Å². The summed E-state index contributed by atoms with van der Waals surface area (Å²) in [6.45, 7) is 1.51. The van der Waals surface area contributed by atoms with Crippen molar-refractivity contribution >= 4 is 23.2 Å². The number of nitro groups is 1. The van der Waals surface area contributed by atoms with E-state index in [1.165, 1.54) is 0 Å². The fraction of sp³-hybridized carbons (Fsp3) is 0.333. The highest BCUT2D eigenvalue weighted by molar-refractivity contribution is 5.94. The summed E-state index contributed by atoms with van der Waals surface area (Å²) in [5.74, 6) is -0.312. The summed E-state index contributed by atoms with van der Waals surface area (Å²) >= 11 is 0. The summed E-state index contributed by atoms with van der Waals surface area (Å²) in [7, 11) is 0. The number of anilines is 1. The Balaban J connectivity index is 1.51. The highest BCUT2D eigenvalue weighted by atomic mass is 19.4. The number of carbonyl (C=O) groups excluding carboxylic acids is 2. The summed E-state index contributed by atoms with van der Waals surface area (Å²) in [4.78, 5) is 38.4. The van der Waals surface area contributed by atoms with Gasteiger partial charge < -0.3 is 15.1 Å². The molecule has 2 aromatic carbocycles. The van der Waals surface area contributed by atoms with Crippen LogP contribution in [0.1, 0.15) is 22.3 Å². The van der Waals surface area contributed by atoms with Crippen LogP contribution in [0.5, 0.6) is 0 Å². The number of halogens is 3. The van der Waals surface area contributed by atoms with E-state index in [2.05, 4.69) is 5.32 Å². The van der Waals surface area contributed by atoms with Crippen LogP contribution in [-0.4, -0.2) is 59.3 Å². The van der Waals surface area contributed by atoms with Crippen LogP contribution in [-0.2, 0) is 11.0 Å². The molecule has 0 radical (unpaired) electrons. The van der Waals surface area contributed by atoms with Gasteiger partial charge in [0, 0.05) is 50.8 Å². The Hall–Kier alpha value is -3.63. The second kappa shape index (κ2) is 9.67. The van der Waals surface area contributed by atoms with E-state index in [9.17, 15) is 32.9 Å². The first-order chi connectivity index (χ1) is 15.2. The molecule has 32 heavy (non-hydrogen) atoms. The van der Waals surface area contributed by atoms with Crippen molar-refractivity contribution < 1.29 is 27.7 Å². The van der Waals surface area contributed by atoms with Gasteiger partial charge in [0.25, 0.3) is 11.6 Å². The first kappa shape index (κ1) is 23.0. The Bertz CT molecular complexity index is 990. The van der Waals surface area contributed by atoms with Crippen molar-refractivity contribution in [1.82, 2.24) is 9.80 Å². The molecule has 0 spiro atoms. The van der Waals surface area contributed by atoms with E-state index in [-0.39, 0.29) is 30.5 Å². The Morgan fingerprint density at radius 1 is 1.00 bits per heavy atom. The first-order valence-electron chi connectivity index (χ1n) is 9.88. The number of nitro benzene ring substituents is 1. The van der Waals surface area contributed by atoms with Gasteiger partial charge in [-0.2, -0.15) is 13.2 Å². The van der Waals surface area contributed by atoms with E-state index in [4.69, 9.17) is 0 Å². The van der Waals surface area contributed by atoms with Crippen molar-refractivity contribution in [1.29, 1.82) is 0 Å². The Kier molecular flexibility index (Phi) is 6.96. The molecule has 3 rings (SSSR count). The second-order valence-corrected chi connectivity index (χ2v) is 7.20. The van der Waals surface area contributed by atoms with Gasteiger partial charge in [-0.05, 0) is 24.3 Å². The van der Waals surface area contributed by atoms with Gasteiger partial charge in [-0.3, -0.25) is 19.7 Å². The maximum atomic E-state index is 12.8. The monoisotopic (exact) mass is 450 g/mol. The number of nitrogens with one attached hydrogen (secondary N) is 1. The summed E-state index contributed by atoms with van der Waals surface area (Å²) < 4.78 is 38.3. The normalized spacial score (nSPS) is 14.2. The fourth-order valence-corrected chi connectivity index (χ4v) is 3.39. The molecular weight excluding hydrogens is 429 g/mol. The van der Waals surface area contributed by atoms with Crippen LogP contribution >= 0.6 is 0 Å². The van der Waals surface area contributed by atoms with Crippen LogP contribution in [0.2, 0.25) is 0 Å². The molecule has 0 unspecified atom stereocenters. The zero-order valence-electron chi connectivity index (χ0n) is 17.0. The minimum absolute atomic E-state index is 0.00477. The van der Waals surface area contributed by atoms with Crippen molar-refractivity contribution in [3.63, 3.8) is 0 Å². The van der Waals surface area contributed by atoms with Crippen molar-refractivity contribution in [3.8, 4) is 0 Å². The topological polar surface area (TPSA) is 95.8 Å². The molecule has 1 aliphatic heterocycles. The minimum atomic E-state index is -4.69. The van der Waals surface area contributed by atoms with Gasteiger partial charge in [0.1, 0.15) is 5.69 Å². The van der Waals surface area contributed by atoms with Gasteiger partial charge in [0.15, 0.2) is 0 Å². The minimum Gasteiger partial charge on any atom is -0.379 e. The molecule has 0 aliphatic carbocycles. The third kappa shape index (κ3) is 5.54. The van der Waals surface area contributed by atoms with Crippen LogP contribution in [0.15, 0.2) is 48.5 Å². The molecule has 170 valence electrons. The third-order valence-corrected chi connectivity index (χ3v) is 5.12. The van der Waals surface area contributed by atoms with Crippen LogP contribution in [0, 0.1) is 10.1 Å². The van der Waals surface area contributed by atoms with E-state index in [1.54, 1.807) is 34.1 Å². The average Bonchev–Trinajstić information content (AvgIpc) is 2.78. The number of benzene rings is 2. The number of hydrogen-bond acceptors (Lipinski definition) is 5.